The smallest absolute Gasteiger partial charge is 0.0431 e. The topological polar surface area (TPSA) is 32.3 Å². The number of anilines is 1. The maximum absolute atomic E-state index is 8.65. The zero-order valence-electron chi connectivity index (χ0n) is 9.80. The monoisotopic (exact) mass is 285 g/mol. The molecule has 0 saturated heterocycles. The quantitative estimate of drug-likeness (QED) is 0.749. The molecule has 0 unspecified atom stereocenters. The van der Waals surface area contributed by atoms with Gasteiger partial charge in [-0.15, -0.1) is 0 Å². The Bertz CT molecular complexity index is 315. The van der Waals surface area contributed by atoms with Crippen molar-refractivity contribution in [2.75, 3.05) is 18.5 Å². The standard InChI is InChI=1S/C13H20BrNO/c1-11-6-7-12(14)10-13(11)15-8-4-2-3-5-9-16/h6-7,10,15-16H,2-5,8-9H2,1H3. The van der Waals surface area contributed by atoms with Gasteiger partial charge in [0.2, 0.25) is 0 Å². The second-order valence-corrected chi connectivity index (χ2v) is 4.94. The summed E-state index contributed by atoms with van der Waals surface area (Å²) >= 11 is 3.47. The number of hydrogen-bond acceptors (Lipinski definition) is 2. The van der Waals surface area contributed by atoms with Gasteiger partial charge >= 0.3 is 0 Å². The van der Waals surface area contributed by atoms with Crippen molar-refractivity contribution >= 4 is 21.6 Å². The summed E-state index contributed by atoms with van der Waals surface area (Å²) in [6.45, 7) is 3.43. The van der Waals surface area contributed by atoms with Crippen molar-refractivity contribution in [1.29, 1.82) is 0 Å². The molecule has 3 heteroatoms. The molecule has 0 spiro atoms. The van der Waals surface area contributed by atoms with E-state index >= 15 is 0 Å². The van der Waals surface area contributed by atoms with Crippen LogP contribution in [0.15, 0.2) is 22.7 Å². The summed E-state index contributed by atoms with van der Waals surface area (Å²) in [6, 6.07) is 6.28. The number of aliphatic hydroxyl groups excluding tert-OH is 1. The Labute approximate surface area is 106 Å². The third-order valence-corrected chi connectivity index (χ3v) is 3.09. The number of rotatable bonds is 7. The van der Waals surface area contributed by atoms with Crippen LogP contribution < -0.4 is 5.32 Å². The van der Waals surface area contributed by atoms with Gasteiger partial charge in [-0.25, -0.2) is 0 Å². The molecule has 0 heterocycles. The molecule has 90 valence electrons. The van der Waals surface area contributed by atoms with Crippen LogP contribution >= 0.6 is 15.9 Å². The normalized spacial score (nSPS) is 10.4. The zero-order chi connectivity index (χ0) is 11.8. The van der Waals surface area contributed by atoms with Gasteiger partial charge in [-0.05, 0) is 37.5 Å². The number of hydrogen-bond donors (Lipinski definition) is 2. The van der Waals surface area contributed by atoms with Gasteiger partial charge in [-0.1, -0.05) is 34.8 Å². The van der Waals surface area contributed by atoms with Crippen LogP contribution in [-0.4, -0.2) is 18.3 Å². The highest BCUT2D eigenvalue weighted by Gasteiger charge is 1.98. The molecule has 1 aromatic rings. The van der Waals surface area contributed by atoms with Gasteiger partial charge in [0.05, 0.1) is 0 Å². The Morgan fingerprint density at radius 1 is 1.19 bits per heavy atom. The van der Waals surface area contributed by atoms with E-state index < -0.39 is 0 Å². The molecule has 0 amide bonds. The fourth-order valence-electron chi connectivity index (χ4n) is 1.60. The van der Waals surface area contributed by atoms with Crippen molar-refractivity contribution in [2.45, 2.75) is 32.6 Å². The van der Waals surface area contributed by atoms with Crippen LogP contribution in [0.5, 0.6) is 0 Å². The maximum Gasteiger partial charge on any atom is 0.0431 e. The number of halogens is 1. The van der Waals surface area contributed by atoms with Crippen molar-refractivity contribution in [3.05, 3.63) is 28.2 Å². The molecule has 2 nitrogen and oxygen atoms in total. The molecule has 1 rings (SSSR count). The molecule has 0 fully saturated rings. The Morgan fingerprint density at radius 2 is 1.94 bits per heavy atom. The van der Waals surface area contributed by atoms with Crippen LogP contribution in [0.2, 0.25) is 0 Å². The van der Waals surface area contributed by atoms with E-state index in [-0.39, 0.29) is 0 Å². The summed E-state index contributed by atoms with van der Waals surface area (Å²) < 4.78 is 1.11. The predicted octanol–water partition coefficient (Wildman–Crippen LogP) is 3.72. The number of unbranched alkanes of at least 4 members (excludes halogenated alkanes) is 3. The van der Waals surface area contributed by atoms with Crippen molar-refractivity contribution in [3.63, 3.8) is 0 Å². The van der Waals surface area contributed by atoms with Crippen molar-refractivity contribution in [1.82, 2.24) is 0 Å². The molecule has 0 saturated carbocycles. The van der Waals surface area contributed by atoms with Gasteiger partial charge in [-0.2, -0.15) is 0 Å². The Hall–Kier alpha value is -0.540. The lowest BCUT2D eigenvalue weighted by Gasteiger charge is -2.09. The molecule has 0 aromatic heterocycles. The number of nitrogens with one attached hydrogen (secondary N) is 1. The number of aliphatic hydroxyl groups is 1. The second-order valence-electron chi connectivity index (χ2n) is 4.02. The van der Waals surface area contributed by atoms with Crippen LogP contribution in [0.4, 0.5) is 5.69 Å². The first kappa shape index (κ1) is 13.5. The summed E-state index contributed by atoms with van der Waals surface area (Å²) in [7, 11) is 0. The molecular formula is C13H20BrNO. The SMILES string of the molecule is Cc1ccc(Br)cc1NCCCCCCO. The van der Waals surface area contributed by atoms with Gasteiger partial charge in [0.25, 0.3) is 0 Å². The molecule has 0 aliphatic heterocycles. The van der Waals surface area contributed by atoms with Crippen molar-refractivity contribution in [3.8, 4) is 0 Å². The molecule has 0 atom stereocenters. The predicted molar refractivity (Wildman–Crippen MR) is 72.9 cm³/mol. The molecule has 0 bridgehead atoms. The fourth-order valence-corrected chi connectivity index (χ4v) is 1.96. The molecular weight excluding hydrogens is 266 g/mol. The number of benzene rings is 1. The summed E-state index contributed by atoms with van der Waals surface area (Å²) in [5, 5.41) is 12.1. The molecule has 2 N–H and O–H groups in total. The van der Waals surface area contributed by atoms with E-state index in [1.165, 1.54) is 17.7 Å². The molecule has 16 heavy (non-hydrogen) atoms. The van der Waals surface area contributed by atoms with Gasteiger partial charge in [-0.3, -0.25) is 0 Å². The Morgan fingerprint density at radius 3 is 2.69 bits per heavy atom. The summed E-state index contributed by atoms with van der Waals surface area (Å²) in [5.41, 5.74) is 2.48. The highest BCUT2D eigenvalue weighted by molar-refractivity contribution is 9.10. The van der Waals surface area contributed by atoms with E-state index in [9.17, 15) is 0 Å². The van der Waals surface area contributed by atoms with E-state index in [1.54, 1.807) is 0 Å². The lowest BCUT2D eigenvalue weighted by Crippen LogP contribution is -2.03. The lowest BCUT2D eigenvalue weighted by atomic mass is 10.2. The first-order valence-corrected chi connectivity index (χ1v) is 6.64. The molecule has 0 radical (unpaired) electrons. The van der Waals surface area contributed by atoms with Crippen molar-refractivity contribution < 1.29 is 5.11 Å². The van der Waals surface area contributed by atoms with E-state index in [0.29, 0.717) is 6.61 Å². The average Bonchev–Trinajstić information content (AvgIpc) is 2.28. The maximum atomic E-state index is 8.65. The van der Waals surface area contributed by atoms with E-state index in [1.807, 2.05) is 0 Å². The first-order chi connectivity index (χ1) is 7.74. The van der Waals surface area contributed by atoms with E-state index in [0.717, 1.165) is 30.3 Å². The molecule has 0 aliphatic carbocycles. The Kier molecular flexibility index (Phi) is 6.50. The first-order valence-electron chi connectivity index (χ1n) is 5.85. The van der Waals surface area contributed by atoms with Gasteiger partial charge in [0.1, 0.15) is 0 Å². The minimum atomic E-state index is 0.318. The molecule has 1 aromatic carbocycles. The van der Waals surface area contributed by atoms with Crippen molar-refractivity contribution in [2.24, 2.45) is 0 Å². The summed E-state index contributed by atoms with van der Waals surface area (Å²) in [4.78, 5) is 0. The summed E-state index contributed by atoms with van der Waals surface area (Å²) in [6.07, 6.45) is 4.39. The Balaban J connectivity index is 2.23. The van der Waals surface area contributed by atoms with Crippen LogP contribution in [0.25, 0.3) is 0 Å². The largest absolute Gasteiger partial charge is 0.396 e. The minimum absolute atomic E-state index is 0.318. The highest BCUT2D eigenvalue weighted by Crippen LogP contribution is 2.20. The van der Waals surface area contributed by atoms with Crippen LogP contribution in [0.1, 0.15) is 31.2 Å². The highest BCUT2D eigenvalue weighted by atomic mass is 79.9. The average molecular weight is 286 g/mol. The number of aryl methyl sites for hydroxylation is 1. The van der Waals surface area contributed by atoms with E-state index in [2.05, 4.69) is 46.4 Å². The minimum Gasteiger partial charge on any atom is -0.396 e. The van der Waals surface area contributed by atoms with Crippen LogP contribution in [-0.2, 0) is 0 Å². The second kappa shape index (κ2) is 7.69. The van der Waals surface area contributed by atoms with E-state index in [4.69, 9.17) is 5.11 Å². The summed E-state index contributed by atoms with van der Waals surface area (Å²) in [5.74, 6) is 0. The third-order valence-electron chi connectivity index (χ3n) is 2.60. The van der Waals surface area contributed by atoms with Crippen LogP contribution in [0.3, 0.4) is 0 Å². The van der Waals surface area contributed by atoms with Gasteiger partial charge in [0.15, 0.2) is 0 Å². The lowest BCUT2D eigenvalue weighted by molar-refractivity contribution is 0.283. The zero-order valence-corrected chi connectivity index (χ0v) is 11.4. The van der Waals surface area contributed by atoms with Gasteiger partial charge < -0.3 is 10.4 Å². The third kappa shape index (κ3) is 4.99. The van der Waals surface area contributed by atoms with Crippen LogP contribution in [0, 0.1) is 6.92 Å². The fraction of sp³-hybridized carbons (Fsp3) is 0.538. The van der Waals surface area contributed by atoms with Gasteiger partial charge in [0, 0.05) is 23.3 Å². The molecule has 0 aliphatic rings.